The highest BCUT2D eigenvalue weighted by atomic mass is 16.5. The second-order valence-corrected chi connectivity index (χ2v) is 6.88. The second-order valence-electron chi connectivity index (χ2n) is 6.88. The predicted molar refractivity (Wildman–Crippen MR) is 88.7 cm³/mol. The Bertz CT molecular complexity index is 633. The number of rotatable bonds is 3. The van der Waals surface area contributed by atoms with Crippen LogP contribution in [0.2, 0.25) is 0 Å². The Labute approximate surface area is 137 Å². The Morgan fingerprint density at radius 3 is 2.65 bits per heavy atom. The van der Waals surface area contributed by atoms with Crippen molar-refractivity contribution in [1.82, 2.24) is 4.90 Å². The number of carbonyl (C=O) groups is 2. The van der Waals surface area contributed by atoms with Gasteiger partial charge < -0.3 is 14.5 Å². The van der Waals surface area contributed by atoms with Gasteiger partial charge in [0.1, 0.15) is 5.75 Å². The van der Waals surface area contributed by atoms with Crippen molar-refractivity contribution in [2.24, 2.45) is 0 Å². The van der Waals surface area contributed by atoms with Gasteiger partial charge in [0.25, 0.3) is 5.91 Å². The molecule has 2 aliphatic heterocycles. The van der Waals surface area contributed by atoms with E-state index in [1.165, 1.54) is 0 Å². The molecule has 1 saturated heterocycles. The molecule has 0 atom stereocenters. The van der Waals surface area contributed by atoms with Gasteiger partial charge in [-0.1, -0.05) is 6.07 Å². The Hall–Kier alpha value is -2.04. The van der Waals surface area contributed by atoms with Gasteiger partial charge >= 0.3 is 0 Å². The van der Waals surface area contributed by atoms with Crippen LogP contribution in [-0.4, -0.2) is 41.9 Å². The fourth-order valence-electron chi connectivity index (χ4n) is 3.23. The summed E-state index contributed by atoms with van der Waals surface area (Å²) in [4.78, 5) is 28.6. The maximum Gasteiger partial charge on any atom is 0.270 e. The van der Waals surface area contributed by atoms with Crippen molar-refractivity contribution < 1.29 is 14.3 Å². The summed E-state index contributed by atoms with van der Waals surface area (Å²) < 4.78 is 5.84. The van der Waals surface area contributed by atoms with Crippen LogP contribution in [0.3, 0.4) is 0 Å². The van der Waals surface area contributed by atoms with E-state index in [-0.39, 0.29) is 11.8 Å². The number of carbonyl (C=O) groups excluding carboxylic acids is 2. The Balaban J connectivity index is 1.80. The summed E-state index contributed by atoms with van der Waals surface area (Å²) in [5.41, 5.74) is 0.929. The zero-order chi connectivity index (χ0) is 16.6. The van der Waals surface area contributed by atoms with E-state index in [2.05, 4.69) is 0 Å². The Kier molecular flexibility index (Phi) is 4.04. The topological polar surface area (TPSA) is 49.9 Å². The third-order valence-corrected chi connectivity index (χ3v) is 4.54. The van der Waals surface area contributed by atoms with E-state index in [0.29, 0.717) is 18.7 Å². The number of hydrogen-bond donors (Lipinski definition) is 0. The fraction of sp³-hybridized carbons (Fsp3) is 0.556. The third-order valence-electron chi connectivity index (χ3n) is 4.54. The lowest BCUT2D eigenvalue weighted by Gasteiger charge is -2.39. The van der Waals surface area contributed by atoms with Gasteiger partial charge in [0, 0.05) is 26.1 Å². The molecule has 0 bridgehead atoms. The third kappa shape index (κ3) is 3.05. The molecule has 2 amide bonds. The normalized spacial score (nSPS) is 19.5. The van der Waals surface area contributed by atoms with Crippen molar-refractivity contribution in [1.29, 1.82) is 0 Å². The molecule has 3 rings (SSSR count). The van der Waals surface area contributed by atoms with Gasteiger partial charge in [-0.3, -0.25) is 9.59 Å². The van der Waals surface area contributed by atoms with Gasteiger partial charge in [0.2, 0.25) is 5.91 Å². The van der Waals surface area contributed by atoms with Gasteiger partial charge in [0.15, 0.2) is 5.60 Å². The number of fused-ring (bicyclic) bond motifs is 1. The van der Waals surface area contributed by atoms with Crippen molar-refractivity contribution in [3.63, 3.8) is 0 Å². The first-order valence-electron chi connectivity index (χ1n) is 8.28. The number of nitrogens with zero attached hydrogens (tertiary/aromatic N) is 2. The monoisotopic (exact) mass is 316 g/mol. The van der Waals surface area contributed by atoms with Crippen LogP contribution < -0.4 is 9.64 Å². The van der Waals surface area contributed by atoms with E-state index in [9.17, 15) is 9.59 Å². The quantitative estimate of drug-likeness (QED) is 0.861. The molecule has 0 aromatic heterocycles. The summed E-state index contributed by atoms with van der Waals surface area (Å²) >= 11 is 0. The zero-order valence-electron chi connectivity index (χ0n) is 14.1. The SMILES string of the molecule is Cc1ccc2c(c1)N(CCC(=O)N1CCCC1)C(=O)C(C)(C)O2. The average Bonchev–Trinajstić information content (AvgIpc) is 3.02. The van der Waals surface area contributed by atoms with E-state index >= 15 is 0 Å². The minimum Gasteiger partial charge on any atom is -0.476 e. The minimum absolute atomic E-state index is 0.0928. The van der Waals surface area contributed by atoms with Crippen LogP contribution in [-0.2, 0) is 9.59 Å². The molecule has 2 aliphatic rings. The molecule has 1 aromatic carbocycles. The molecule has 0 N–H and O–H groups in total. The molecule has 23 heavy (non-hydrogen) atoms. The Morgan fingerprint density at radius 2 is 1.96 bits per heavy atom. The summed E-state index contributed by atoms with van der Waals surface area (Å²) in [6.07, 6.45) is 2.52. The largest absolute Gasteiger partial charge is 0.476 e. The van der Waals surface area contributed by atoms with Gasteiger partial charge in [-0.25, -0.2) is 0 Å². The Morgan fingerprint density at radius 1 is 1.26 bits per heavy atom. The number of anilines is 1. The fourth-order valence-corrected chi connectivity index (χ4v) is 3.23. The molecule has 5 nitrogen and oxygen atoms in total. The van der Waals surface area contributed by atoms with Gasteiger partial charge in [-0.05, 0) is 51.3 Å². The molecular weight excluding hydrogens is 292 g/mol. The van der Waals surface area contributed by atoms with Crippen LogP contribution >= 0.6 is 0 Å². The highest BCUT2D eigenvalue weighted by Gasteiger charge is 2.41. The lowest BCUT2D eigenvalue weighted by Crippen LogP contribution is -2.53. The first kappa shape index (κ1) is 15.8. The molecule has 1 fully saturated rings. The molecule has 0 aliphatic carbocycles. The molecule has 0 spiro atoms. The summed E-state index contributed by atoms with van der Waals surface area (Å²) in [6, 6.07) is 5.81. The maximum atomic E-state index is 12.7. The molecule has 124 valence electrons. The van der Waals surface area contributed by atoms with Crippen molar-refractivity contribution >= 4 is 17.5 Å². The van der Waals surface area contributed by atoms with Gasteiger partial charge in [0.05, 0.1) is 5.69 Å². The maximum absolute atomic E-state index is 12.7. The van der Waals surface area contributed by atoms with Crippen LogP contribution in [0.4, 0.5) is 5.69 Å². The predicted octanol–water partition coefficient (Wildman–Crippen LogP) is 2.51. The zero-order valence-corrected chi connectivity index (χ0v) is 14.1. The van der Waals surface area contributed by atoms with Crippen LogP contribution in [0.15, 0.2) is 18.2 Å². The number of aryl methyl sites for hydroxylation is 1. The van der Waals surface area contributed by atoms with E-state index in [0.717, 1.165) is 37.2 Å². The summed E-state index contributed by atoms with van der Waals surface area (Å²) in [5.74, 6) is 0.743. The second kappa shape index (κ2) is 5.87. The molecule has 0 saturated carbocycles. The van der Waals surface area contributed by atoms with Crippen molar-refractivity contribution in [3.8, 4) is 5.75 Å². The lowest BCUT2D eigenvalue weighted by atomic mass is 10.0. The molecule has 2 heterocycles. The highest BCUT2D eigenvalue weighted by molar-refractivity contribution is 6.02. The molecule has 5 heteroatoms. The average molecular weight is 316 g/mol. The minimum atomic E-state index is -0.904. The van der Waals surface area contributed by atoms with E-state index < -0.39 is 5.60 Å². The van der Waals surface area contributed by atoms with Crippen LogP contribution in [0, 0.1) is 6.92 Å². The standard InChI is InChI=1S/C18H24N2O3/c1-13-6-7-15-14(12-13)20(17(22)18(2,3)23-15)11-8-16(21)19-9-4-5-10-19/h6-7,12H,4-5,8-11H2,1-3H3. The van der Waals surface area contributed by atoms with Crippen LogP contribution in [0.25, 0.3) is 0 Å². The van der Waals surface area contributed by atoms with E-state index in [1.807, 2.05) is 30.0 Å². The summed E-state index contributed by atoms with van der Waals surface area (Å²) in [6.45, 7) is 7.62. The van der Waals surface area contributed by atoms with E-state index in [4.69, 9.17) is 4.74 Å². The first-order chi connectivity index (χ1) is 10.9. The summed E-state index contributed by atoms with van der Waals surface area (Å²) in [5, 5.41) is 0. The summed E-state index contributed by atoms with van der Waals surface area (Å²) in [7, 11) is 0. The molecule has 0 radical (unpaired) electrons. The number of hydrogen-bond acceptors (Lipinski definition) is 3. The lowest BCUT2D eigenvalue weighted by molar-refractivity contribution is -0.133. The van der Waals surface area contributed by atoms with E-state index in [1.54, 1.807) is 18.7 Å². The van der Waals surface area contributed by atoms with Crippen LogP contribution in [0.1, 0.15) is 38.7 Å². The number of likely N-dealkylation sites (tertiary alicyclic amines) is 1. The number of benzene rings is 1. The first-order valence-corrected chi connectivity index (χ1v) is 8.28. The van der Waals surface area contributed by atoms with Crippen molar-refractivity contribution in [2.75, 3.05) is 24.5 Å². The van der Waals surface area contributed by atoms with Crippen molar-refractivity contribution in [2.45, 2.75) is 45.6 Å². The molecular formula is C18H24N2O3. The number of ether oxygens (including phenoxy) is 1. The molecule has 0 unspecified atom stereocenters. The van der Waals surface area contributed by atoms with Gasteiger partial charge in [-0.2, -0.15) is 0 Å². The number of amides is 2. The van der Waals surface area contributed by atoms with Crippen LogP contribution in [0.5, 0.6) is 5.75 Å². The molecule has 1 aromatic rings. The van der Waals surface area contributed by atoms with Gasteiger partial charge in [-0.15, -0.1) is 0 Å². The highest BCUT2D eigenvalue weighted by Crippen LogP contribution is 2.38. The van der Waals surface area contributed by atoms with Crippen molar-refractivity contribution in [3.05, 3.63) is 23.8 Å². The smallest absolute Gasteiger partial charge is 0.270 e.